The normalized spacial score (nSPS) is 14.9. The second-order valence-corrected chi connectivity index (χ2v) is 4.33. The number of nitrogens with two attached hydrogens (primary N) is 1. The molecule has 3 N–H and O–H groups in total. The minimum absolute atomic E-state index is 0.0521. The van der Waals surface area contributed by atoms with Crippen LogP contribution in [0.15, 0.2) is 24.3 Å². The molecule has 0 spiro atoms. The summed E-state index contributed by atoms with van der Waals surface area (Å²) in [4.78, 5) is 0. The van der Waals surface area contributed by atoms with Crippen molar-refractivity contribution in [3.63, 3.8) is 0 Å². The molecule has 1 aromatic rings. The maximum atomic E-state index is 10.3. The summed E-state index contributed by atoms with van der Waals surface area (Å²) < 4.78 is 5.24. The molecule has 90 valence electrons. The van der Waals surface area contributed by atoms with Gasteiger partial charge in [0.25, 0.3) is 0 Å². The molecule has 0 fully saturated rings. The Morgan fingerprint density at radius 2 is 1.94 bits per heavy atom. The van der Waals surface area contributed by atoms with Crippen molar-refractivity contribution in [3.8, 4) is 5.75 Å². The number of para-hydroxylation sites is 1. The molecule has 0 aliphatic rings. The fourth-order valence-electron chi connectivity index (χ4n) is 1.91. The molecule has 16 heavy (non-hydrogen) atoms. The number of hydrogen-bond acceptors (Lipinski definition) is 3. The average Bonchev–Trinajstić information content (AvgIpc) is 2.29. The van der Waals surface area contributed by atoms with E-state index >= 15 is 0 Å². The largest absolute Gasteiger partial charge is 0.496 e. The fourth-order valence-corrected chi connectivity index (χ4v) is 1.91. The van der Waals surface area contributed by atoms with E-state index in [9.17, 15) is 5.11 Å². The molecule has 3 nitrogen and oxygen atoms in total. The summed E-state index contributed by atoms with van der Waals surface area (Å²) in [6.45, 7) is 4.60. The molecule has 0 aliphatic heterocycles. The van der Waals surface area contributed by atoms with Crippen molar-refractivity contribution in [2.75, 3.05) is 13.7 Å². The van der Waals surface area contributed by atoms with Crippen LogP contribution in [0.1, 0.15) is 25.5 Å². The third-order valence-corrected chi connectivity index (χ3v) is 2.99. The van der Waals surface area contributed by atoms with Gasteiger partial charge in [-0.25, -0.2) is 0 Å². The molecule has 0 bridgehead atoms. The van der Waals surface area contributed by atoms with Crippen molar-refractivity contribution < 1.29 is 9.84 Å². The van der Waals surface area contributed by atoms with Gasteiger partial charge in [-0.2, -0.15) is 0 Å². The Kier molecular flexibility index (Phi) is 4.77. The molecule has 0 saturated carbocycles. The first-order valence-corrected chi connectivity index (χ1v) is 5.62. The van der Waals surface area contributed by atoms with Crippen LogP contribution in [0.3, 0.4) is 0 Å². The maximum absolute atomic E-state index is 10.3. The van der Waals surface area contributed by atoms with Gasteiger partial charge in [-0.15, -0.1) is 0 Å². The van der Waals surface area contributed by atoms with E-state index in [1.165, 1.54) is 0 Å². The number of hydrogen-bond donors (Lipinski definition) is 2. The average molecular weight is 223 g/mol. The van der Waals surface area contributed by atoms with E-state index in [1.807, 2.05) is 24.3 Å². The van der Waals surface area contributed by atoms with Gasteiger partial charge >= 0.3 is 0 Å². The smallest absolute Gasteiger partial charge is 0.124 e. The van der Waals surface area contributed by atoms with Crippen LogP contribution in [0, 0.1) is 11.8 Å². The van der Waals surface area contributed by atoms with Gasteiger partial charge in [0.1, 0.15) is 5.75 Å². The maximum Gasteiger partial charge on any atom is 0.124 e. The monoisotopic (exact) mass is 223 g/mol. The number of rotatable bonds is 5. The number of methoxy groups -OCH3 is 1. The van der Waals surface area contributed by atoms with Crippen molar-refractivity contribution in [2.45, 2.75) is 20.0 Å². The van der Waals surface area contributed by atoms with Gasteiger partial charge in [-0.1, -0.05) is 32.0 Å². The summed E-state index contributed by atoms with van der Waals surface area (Å²) in [5, 5.41) is 10.3. The molecule has 0 amide bonds. The number of aliphatic hydroxyl groups is 1. The lowest BCUT2D eigenvalue weighted by atomic mass is 9.86. The Bertz CT molecular complexity index is 325. The van der Waals surface area contributed by atoms with Crippen LogP contribution in [0.4, 0.5) is 0 Å². The topological polar surface area (TPSA) is 55.5 Å². The van der Waals surface area contributed by atoms with Crippen LogP contribution < -0.4 is 10.5 Å². The van der Waals surface area contributed by atoms with Gasteiger partial charge in [-0.05, 0) is 18.5 Å². The van der Waals surface area contributed by atoms with E-state index in [0.29, 0.717) is 18.2 Å². The van der Waals surface area contributed by atoms with Gasteiger partial charge < -0.3 is 15.6 Å². The predicted molar refractivity (Wildman–Crippen MR) is 65.3 cm³/mol. The van der Waals surface area contributed by atoms with Crippen LogP contribution in [-0.2, 0) is 0 Å². The summed E-state index contributed by atoms with van der Waals surface area (Å²) in [7, 11) is 1.61. The van der Waals surface area contributed by atoms with Crippen molar-refractivity contribution in [1.29, 1.82) is 0 Å². The molecule has 0 aliphatic carbocycles. The van der Waals surface area contributed by atoms with Crippen LogP contribution in [-0.4, -0.2) is 18.8 Å². The molecule has 0 heterocycles. The highest BCUT2D eigenvalue weighted by Crippen LogP contribution is 2.32. The van der Waals surface area contributed by atoms with Crippen LogP contribution in [0.5, 0.6) is 5.75 Å². The van der Waals surface area contributed by atoms with E-state index in [4.69, 9.17) is 10.5 Å². The van der Waals surface area contributed by atoms with Gasteiger partial charge in [0.15, 0.2) is 0 Å². The summed E-state index contributed by atoms with van der Waals surface area (Å²) in [6, 6.07) is 7.53. The van der Waals surface area contributed by atoms with E-state index in [-0.39, 0.29) is 5.92 Å². The first-order valence-electron chi connectivity index (χ1n) is 5.62. The molecular formula is C13H21NO2. The minimum Gasteiger partial charge on any atom is -0.496 e. The standard InChI is InChI=1S/C13H21NO2/c1-9(2)11(8-14)13(15)10-6-4-5-7-12(10)16-3/h4-7,9,11,13,15H,8,14H2,1-3H3. The van der Waals surface area contributed by atoms with Crippen LogP contribution in [0.2, 0.25) is 0 Å². The summed E-state index contributed by atoms with van der Waals surface area (Å²) in [6.07, 6.45) is -0.568. The molecule has 0 saturated heterocycles. The Labute approximate surface area is 97.2 Å². The molecule has 0 aromatic heterocycles. The first kappa shape index (κ1) is 13.0. The quantitative estimate of drug-likeness (QED) is 0.802. The third-order valence-electron chi connectivity index (χ3n) is 2.99. The number of benzene rings is 1. The minimum atomic E-state index is -0.568. The molecule has 2 unspecified atom stereocenters. The van der Waals surface area contributed by atoms with Crippen molar-refractivity contribution in [2.24, 2.45) is 17.6 Å². The highest BCUT2D eigenvalue weighted by Gasteiger charge is 2.24. The van der Waals surface area contributed by atoms with Gasteiger partial charge in [0.05, 0.1) is 13.2 Å². The lowest BCUT2D eigenvalue weighted by Gasteiger charge is -2.26. The highest BCUT2D eigenvalue weighted by atomic mass is 16.5. The zero-order valence-corrected chi connectivity index (χ0v) is 10.2. The second-order valence-electron chi connectivity index (χ2n) is 4.33. The Hall–Kier alpha value is -1.06. The van der Waals surface area contributed by atoms with Gasteiger partial charge in [0, 0.05) is 11.5 Å². The summed E-state index contributed by atoms with van der Waals surface area (Å²) >= 11 is 0. The molecule has 0 radical (unpaired) electrons. The van der Waals surface area contributed by atoms with E-state index in [1.54, 1.807) is 7.11 Å². The van der Waals surface area contributed by atoms with Gasteiger partial charge in [0.2, 0.25) is 0 Å². The predicted octanol–water partition coefficient (Wildman–Crippen LogP) is 1.96. The van der Waals surface area contributed by atoms with Crippen LogP contribution in [0.25, 0.3) is 0 Å². The summed E-state index contributed by atoms with van der Waals surface area (Å²) in [5.74, 6) is 1.11. The molecule has 1 aromatic carbocycles. The lowest BCUT2D eigenvalue weighted by molar-refractivity contribution is 0.0837. The zero-order chi connectivity index (χ0) is 12.1. The first-order chi connectivity index (χ1) is 7.61. The van der Waals surface area contributed by atoms with Crippen LogP contribution >= 0.6 is 0 Å². The Morgan fingerprint density at radius 1 is 1.31 bits per heavy atom. The number of ether oxygens (including phenoxy) is 1. The zero-order valence-electron chi connectivity index (χ0n) is 10.2. The van der Waals surface area contributed by atoms with E-state index < -0.39 is 6.10 Å². The Morgan fingerprint density at radius 3 is 2.44 bits per heavy atom. The van der Waals surface area contributed by atoms with Crippen molar-refractivity contribution in [3.05, 3.63) is 29.8 Å². The fraction of sp³-hybridized carbons (Fsp3) is 0.538. The molecule has 1 rings (SSSR count). The Balaban J connectivity index is 2.98. The second kappa shape index (κ2) is 5.87. The van der Waals surface area contributed by atoms with Crippen molar-refractivity contribution in [1.82, 2.24) is 0 Å². The van der Waals surface area contributed by atoms with Crippen molar-refractivity contribution >= 4 is 0 Å². The molecule has 3 heteroatoms. The van der Waals surface area contributed by atoms with E-state index in [2.05, 4.69) is 13.8 Å². The van der Waals surface area contributed by atoms with Gasteiger partial charge in [-0.3, -0.25) is 0 Å². The summed E-state index contributed by atoms with van der Waals surface area (Å²) in [5.41, 5.74) is 6.52. The van der Waals surface area contributed by atoms with E-state index in [0.717, 1.165) is 5.56 Å². The SMILES string of the molecule is COc1ccccc1C(O)C(CN)C(C)C. The number of aliphatic hydroxyl groups excluding tert-OH is 1. The molecule has 2 atom stereocenters. The highest BCUT2D eigenvalue weighted by molar-refractivity contribution is 5.35. The third kappa shape index (κ3) is 2.74. The lowest BCUT2D eigenvalue weighted by Crippen LogP contribution is -2.26. The molecular weight excluding hydrogens is 202 g/mol.